The maximum absolute atomic E-state index is 12.8. The quantitative estimate of drug-likeness (QED) is 0.375. The van der Waals surface area contributed by atoms with Crippen LogP contribution < -0.4 is 5.56 Å². The third kappa shape index (κ3) is 4.68. The van der Waals surface area contributed by atoms with Crippen molar-refractivity contribution in [2.45, 2.75) is 19.5 Å². The Morgan fingerprint density at radius 3 is 2.58 bits per heavy atom. The Kier molecular flexibility index (Phi) is 6.21. The highest BCUT2D eigenvalue weighted by atomic mass is 35.5. The molecule has 0 unspecified atom stereocenters. The molecule has 1 N–H and O–H groups in total. The van der Waals surface area contributed by atoms with Gasteiger partial charge in [0.15, 0.2) is 0 Å². The van der Waals surface area contributed by atoms with Gasteiger partial charge in [-0.1, -0.05) is 53.0 Å². The monoisotopic (exact) mass is 496 g/mol. The van der Waals surface area contributed by atoms with Crippen LogP contribution in [-0.4, -0.2) is 26.4 Å². The van der Waals surface area contributed by atoms with Gasteiger partial charge in [0.25, 0.3) is 5.56 Å². The van der Waals surface area contributed by atoms with Crippen molar-refractivity contribution in [3.05, 3.63) is 103 Å². The van der Waals surface area contributed by atoms with E-state index in [1.54, 1.807) is 18.2 Å². The lowest BCUT2D eigenvalue weighted by molar-refractivity contribution is 0.241. The summed E-state index contributed by atoms with van der Waals surface area (Å²) in [6.45, 7) is 2.04. The smallest absolute Gasteiger partial charge is 0.255 e. The van der Waals surface area contributed by atoms with E-state index in [1.165, 1.54) is 0 Å². The molecule has 1 aliphatic heterocycles. The average molecular weight is 498 g/mol. The standard InChI is InChI=1S/C25H19Cl3N4O/c26-17-7-5-16(6-8-17)24-30-22-10-11-32(14-19(22)25(33)31-24)13-15-4-9-21(29-12-15)18-2-1-3-20(27)23(18)28/h1-9,12H,10-11,13-14H2,(H,30,31,33). The van der Waals surface area contributed by atoms with E-state index in [2.05, 4.69) is 14.9 Å². The molecule has 4 aromatic rings. The molecule has 33 heavy (non-hydrogen) atoms. The zero-order valence-electron chi connectivity index (χ0n) is 17.5. The number of nitrogens with one attached hydrogen (secondary N) is 1. The molecule has 5 rings (SSSR count). The normalized spacial score (nSPS) is 13.7. The van der Waals surface area contributed by atoms with Crippen LogP contribution >= 0.6 is 34.8 Å². The highest BCUT2D eigenvalue weighted by Crippen LogP contribution is 2.32. The molecule has 0 spiro atoms. The minimum Gasteiger partial charge on any atom is -0.306 e. The van der Waals surface area contributed by atoms with E-state index in [9.17, 15) is 4.79 Å². The van der Waals surface area contributed by atoms with Crippen LogP contribution in [0, 0.1) is 0 Å². The lowest BCUT2D eigenvalue weighted by atomic mass is 10.1. The first-order chi connectivity index (χ1) is 16.0. The minimum absolute atomic E-state index is 0.0984. The van der Waals surface area contributed by atoms with Crippen molar-refractivity contribution in [1.29, 1.82) is 0 Å². The molecule has 0 aliphatic carbocycles. The topological polar surface area (TPSA) is 61.9 Å². The number of hydrogen-bond donors (Lipinski definition) is 1. The molecule has 1 aliphatic rings. The molecule has 0 bridgehead atoms. The van der Waals surface area contributed by atoms with Crippen molar-refractivity contribution in [2.24, 2.45) is 0 Å². The number of rotatable bonds is 4. The second-order valence-electron chi connectivity index (χ2n) is 7.96. The number of fused-ring (bicyclic) bond motifs is 1. The van der Waals surface area contributed by atoms with Crippen molar-refractivity contribution < 1.29 is 0 Å². The second kappa shape index (κ2) is 9.27. The number of hydrogen-bond acceptors (Lipinski definition) is 4. The van der Waals surface area contributed by atoms with Crippen molar-refractivity contribution in [3.63, 3.8) is 0 Å². The largest absolute Gasteiger partial charge is 0.306 e. The number of H-pyrrole nitrogens is 1. The SMILES string of the molecule is O=c1[nH]c(-c2ccc(Cl)cc2)nc2c1CN(Cc1ccc(-c3cccc(Cl)c3Cl)nc1)CC2. The van der Waals surface area contributed by atoms with Gasteiger partial charge in [0.2, 0.25) is 0 Å². The van der Waals surface area contributed by atoms with Gasteiger partial charge in [0.1, 0.15) is 5.82 Å². The van der Waals surface area contributed by atoms with Crippen LogP contribution in [0.5, 0.6) is 0 Å². The summed E-state index contributed by atoms with van der Waals surface area (Å²) in [5.41, 5.74) is 4.94. The van der Waals surface area contributed by atoms with Crippen LogP contribution in [0.25, 0.3) is 22.6 Å². The van der Waals surface area contributed by atoms with E-state index in [0.29, 0.717) is 46.0 Å². The predicted octanol–water partition coefficient (Wildman–Crippen LogP) is 6.02. The van der Waals surface area contributed by atoms with Crippen LogP contribution in [0.3, 0.4) is 0 Å². The van der Waals surface area contributed by atoms with Gasteiger partial charge in [-0.25, -0.2) is 4.98 Å². The number of aromatic nitrogens is 3. The van der Waals surface area contributed by atoms with Gasteiger partial charge in [-0.3, -0.25) is 14.7 Å². The van der Waals surface area contributed by atoms with E-state index < -0.39 is 0 Å². The number of aromatic amines is 1. The Morgan fingerprint density at radius 1 is 1.00 bits per heavy atom. The first-order valence-electron chi connectivity index (χ1n) is 10.5. The first-order valence-corrected chi connectivity index (χ1v) is 11.6. The minimum atomic E-state index is -0.0984. The van der Waals surface area contributed by atoms with Crippen LogP contribution in [0.2, 0.25) is 15.1 Å². The molecule has 0 amide bonds. The molecule has 0 radical (unpaired) electrons. The third-order valence-electron chi connectivity index (χ3n) is 5.72. The summed E-state index contributed by atoms with van der Waals surface area (Å²) in [5.74, 6) is 0.573. The highest BCUT2D eigenvalue weighted by Gasteiger charge is 2.22. The van der Waals surface area contributed by atoms with Gasteiger partial charge in [-0.15, -0.1) is 0 Å². The zero-order chi connectivity index (χ0) is 22.9. The maximum Gasteiger partial charge on any atom is 0.255 e. The summed E-state index contributed by atoms with van der Waals surface area (Å²) >= 11 is 18.4. The van der Waals surface area contributed by atoms with Crippen molar-refractivity contribution in [3.8, 4) is 22.6 Å². The Labute approximate surface area is 206 Å². The van der Waals surface area contributed by atoms with Crippen LogP contribution in [0.1, 0.15) is 16.8 Å². The molecule has 166 valence electrons. The summed E-state index contributed by atoms with van der Waals surface area (Å²) in [5, 5.41) is 1.65. The second-order valence-corrected chi connectivity index (χ2v) is 9.18. The molecule has 2 aromatic heterocycles. The fraction of sp³-hybridized carbons (Fsp3) is 0.160. The van der Waals surface area contributed by atoms with Gasteiger partial charge < -0.3 is 4.98 Å². The molecule has 5 nitrogen and oxygen atoms in total. The van der Waals surface area contributed by atoms with E-state index in [1.807, 2.05) is 42.6 Å². The van der Waals surface area contributed by atoms with Crippen LogP contribution in [0.4, 0.5) is 0 Å². The summed E-state index contributed by atoms with van der Waals surface area (Å²) in [6.07, 6.45) is 2.55. The van der Waals surface area contributed by atoms with Crippen molar-refractivity contribution >= 4 is 34.8 Å². The van der Waals surface area contributed by atoms with E-state index in [0.717, 1.165) is 34.6 Å². The zero-order valence-corrected chi connectivity index (χ0v) is 19.8. The first kappa shape index (κ1) is 22.1. The third-order valence-corrected chi connectivity index (χ3v) is 6.79. The van der Waals surface area contributed by atoms with Gasteiger partial charge >= 0.3 is 0 Å². The summed E-state index contributed by atoms with van der Waals surface area (Å²) < 4.78 is 0. The van der Waals surface area contributed by atoms with Gasteiger partial charge in [0.05, 0.1) is 27.0 Å². The Hall–Kier alpha value is -2.70. The van der Waals surface area contributed by atoms with Crippen LogP contribution in [-0.2, 0) is 19.5 Å². The highest BCUT2D eigenvalue weighted by molar-refractivity contribution is 6.43. The fourth-order valence-electron chi connectivity index (χ4n) is 4.00. The predicted molar refractivity (Wildman–Crippen MR) is 133 cm³/mol. The summed E-state index contributed by atoms with van der Waals surface area (Å²) in [7, 11) is 0. The molecular weight excluding hydrogens is 479 g/mol. The number of nitrogens with zero attached hydrogens (tertiary/aromatic N) is 3. The molecule has 3 heterocycles. The van der Waals surface area contributed by atoms with Gasteiger partial charge in [-0.2, -0.15) is 0 Å². The van der Waals surface area contributed by atoms with Crippen LogP contribution in [0.15, 0.2) is 65.6 Å². The average Bonchev–Trinajstić information content (AvgIpc) is 2.82. The van der Waals surface area contributed by atoms with Crippen molar-refractivity contribution in [1.82, 2.24) is 19.9 Å². The summed E-state index contributed by atoms with van der Waals surface area (Å²) in [6, 6.07) is 16.8. The Morgan fingerprint density at radius 2 is 1.82 bits per heavy atom. The lowest BCUT2D eigenvalue weighted by Gasteiger charge is -2.27. The number of pyridine rings is 1. The summed E-state index contributed by atoms with van der Waals surface area (Å²) in [4.78, 5) is 27.2. The molecule has 0 fully saturated rings. The molecule has 8 heteroatoms. The Bertz CT molecular complexity index is 1370. The maximum atomic E-state index is 12.8. The molecule has 0 saturated heterocycles. The van der Waals surface area contributed by atoms with Gasteiger partial charge in [-0.05, 0) is 42.0 Å². The molecule has 0 atom stereocenters. The fourth-order valence-corrected chi connectivity index (χ4v) is 4.52. The van der Waals surface area contributed by atoms with Gasteiger partial charge in [0, 0.05) is 48.4 Å². The lowest BCUT2D eigenvalue weighted by Crippen LogP contribution is -2.35. The van der Waals surface area contributed by atoms with Crippen molar-refractivity contribution in [2.75, 3.05) is 6.54 Å². The molecular formula is C25H19Cl3N4O. The van der Waals surface area contributed by atoms with E-state index in [4.69, 9.17) is 39.8 Å². The number of halogens is 3. The van der Waals surface area contributed by atoms with E-state index in [-0.39, 0.29) is 5.56 Å². The molecule has 2 aromatic carbocycles. The number of benzene rings is 2. The Balaban J connectivity index is 1.32. The molecule has 0 saturated carbocycles. The van der Waals surface area contributed by atoms with E-state index >= 15 is 0 Å².